The molecule has 0 saturated carbocycles. The van der Waals surface area contributed by atoms with E-state index in [-0.39, 0.29) is 0 Å². The van der Waals surface area contributed by atoms with Crippen LogP contribution in [0.4, 0.5) is 11.4 Å². The minimum atomic E-state index is 0.744. The van der Waals surface area contributed by atoms with E-state index >= 15 is 0 Å². The van der Waals surface area contributed by atoms with Gasteiger partial charge in [-0.1, -0.05) is 6.92 Å². The summed E-state index contributed by atoms with van der Waals surface area (Å²) in [5.41, 5.74) is 14.1. The first-order valence-electron chi connectivity index (χ1n) is 3.93. The minimum absolute atomic E-state index is 0.744. The zero-order valence-electron chi connectivity index (χ0n) is 7.42. The Bertz CT molecular complexity index is 284. The first kappa shape index (κ1) is 9.26. The van der Waals surface area contributed by atoms with Crippen LogP contribution < -0.4 is 11.5 Å². The van der Waals surface area contributed by atoms with E-state index in [9.17, 15) is 0 Å². The molecule has 1 aromatic rings. The van der Waals surface area contributed by atoms with Crippen molar-refractivity contribution in [3.63, 3.8) is 0 Å². The molecule has 0 atom stereocenters. The van der Waals surface area contributed by atoms with Crippen molar-refractivity contribution in [1.29, 1.82) is 0 Å². The zero-order valence-corrected chi connectivity index (χ0v) is 8.24. The molecule has 0 aliphatic heterocycles. The van der Waals surface area contributed by atoms with Crippen molar-refractivity contribution in [2.45, 2.75) is 18.7 Å². The molecule has 0 aliphatic carbocycles. The van der Waals surface area contributed by atoms with Gasteiger partial charge < -0.3 is 11.5 Å². The second-order valence-corrected chi connectivity index (χ2v) is 3.97. The van der Waals surface area contributed by atoms with Crippen LogP contribution in [0.2, 0.25) is 0 Å². The Balaban J connectivity index is 3.09. The van der Waals surface area contributed by atoms with Crippen LogP contribution in [0.5, 0.6) is 0 Å². The smallest absolute Gasteiger partial charge is 0.0375 e. The van der Waals surface area contributed by atoms with E-state index in [1.54, 1.807) is 17.8 Å². The van der Waals surface area contributed by atoms with Gasteiger partial charge in [0.05, 0.1) is 0 Å². The van der Waals surface area contributed by atoms with Crippen LogP contribution >= 0.6 is 11.8 Å². The van der Waals surface area contributed by atoms with E-state index < -0.39 is 0 Å². The van der Waals surface area contributed by atoms with Crippen molar-refractivity contribution in [3.8, 4) is 0 Å². The van der Waals surface area contributed by atoms with Crippen LogP contribution in [-0.2, 0) is 0 Å². The van der Waals surface area contributed by atoms with Gasteiger partial charge >= 0.3 is 0 Å². The lowest BCUT2D eigenvalue weighted by molar-refractivity contribution is 1.30. The van der Waals surface area contributed by atoms with Crippen LogP contribution in [0.25, 0.3) is 0 Å². The molecule has 2 nitrogen and oxygen atoms in total. The van der Waals surface area contributed by atoms with Crippen LogP contribution in [0, 0.1) is 6.92 Å². The van der Waals surface area contributed by atoms with Crippen LogP contribution in [-0.4, -0.2) is 5.75 Å². The maximum Gasteiger partial charge on any atom is 0.0375 e. The molecule has 0 bridgehead atoms. The Kier molecular flexibility index (Phi) is 2.87. The highest BCUT2D eigenvalue weighted by Gasteiger charge is 2.02. The standard InChI is InChI=1S/C9H14N2S/c1-3-12-9-5-7(10)4-8(11)6(9)2/h4-5H,3,10-11H2,1-2H3. The molecule has 0 aliphatic rings. The van der Waals surface area contributed by atoms with Crippen molar-refractivity contribution in [3.05, 3.63) is 17.7 Å². The third kappa shape index (κ3) is 1.85. The molecule has 0 saturated heterocycles. The topological polar surface area (TPSA) is 52.0 Å². The van der Waals surface area contributed by atoms with Gasteiger partial charge in [0.2, 0.25) is 0 Å². The quantitative estimate of drug-likeness (QED) is 0.545. The molecule has 0 fully saturated rings. The van der Waals surface area contributed by atoms with Crippen molar-refractivity contribution in [2.75, 3.05) is 17.2 Å². The van der Waals surface area contributed by atoms with E-state index in [0.29, 0.717) is 0 Å². The van der Waals surface area contributed by atoms with Gasteiger partial charge in [-0.25, -0.2) is 0 Å². The number of thioether (sulfide) groups is 1. The van der Waals surface area contributed by atoms with Crippen molar-refractivity contribution in [2.24, 2.45) is 0 Å². The van der Waals surface area contributed by atoms with Gasteiger partial charge in [0.1, 0.15) is 0 Å². The maximum absolute atomic E-state index is 5.76. The number of benzene rings is 1. The lowest BCUT2D eigenvalue weighted by Crippen LogP contribution is -1.95. The highest BCUT2D eigenvalue weighted by Crippen LogP contribution is 2.28. The molecule has 0 heterocycles. The molecule has 0 spiro atoms. The average molecular weight is 182 g/mol. The zero-order chi connectivity index (χ0) is 9.14. The number of anilines is 2. The summed E-state index contributed by atoms with van der Waals surface area (Å²) in [6.07, 6.45) is 0. The van der Waals surface area contributed by atoms with Crippen molar-refractivity contribution in [1.82, 2.24) is 0 Å². The lowest BCUT2D eigenvalue weighted by Gasteiger charge is -2.07. The summed E-state index contributed by atoms with van der Waals surface area (Å²) in [5.74, 6) is 1.05. The van der Waals surface area contributed by atoms with Crippen LogP contribution in [0.3, 0.4) is 0 Å². The first-order chi connectivity index (χ1) is 5.65. The molecule has 1 rings (SSSR count). The van der Waals surface area contributed by atoms with Gasteiger partial charge in [0.15, 0.2) is 0 Å². The molecular weight excluding hydrogens is 168 g/mol. The summed E-state index contributed by atoms with van der Waals surface area (Å²) in [7, 11) is 0. The molecule has 0 unspecified atom stereocenters. The summed E-state index contributed by atoms with van der Waals surface area (Å²) in [6.45, 7) is 4.14. The molecule has 1 aromatic carbocycles. The fourth-order valence-electron chi connectivity index (χ4n) is 1.04. The monoisotopic (exact) mass is 182 g/mol. The summed E-state index contributed by atoms with van der Waals surface area (Å²) in [5, 5.41) is 0. The van der Waals surface area contributed by atoms with Gasteiger partial charge in [-0.15, -0.1) is 11.8 Å². The molecule has 0 radical (unpaired) electrons. The molecular formula is C9H14N2S. The summed E-state index contributed by atoms with van der Waals surface area (Å²) in [6, 6.07) is 3.77. The minimum Gasteiger partial charge on any atom is -0.399 e. The van der Waals surface area contributed by atoms with E-state index in [1.165, 1.54) is 4.90 Å². The lowest BCUT2D eigenvalue weighted by atomic mass is 10.2. The maximum atomic E-state index is 5.76. The SMILES string of the molecule is CCSc1cc(N)cc(N)c1C. The Labute approximate surface area is 77.3 Å². The Morgan fingerprint density at radius 2 is 2.00 bits per heavy atom. The van der Waals surface area contributed by atoms with E-state index in [1.807, 2.05) is 13.0 Å². The number of nitrogens with two attached hydrogens (primary N) is 2. The highest BCUT2D eigenvalue weighted by molar-refractivity contribution is 7.99. The summed E-state index contributed by atoms with van der Waals surface area (Å²) >= 11 is 1.77. The second kappa shape index (κ2) is 3.72. The van der Waals surface area contributed by atoms with Gasteiger partial charge in [-0.3, -0.25) is 0 Å². The molecule has 0 amide bonds. The van der Waals surface area contributed by atoms with Gasteiger partial charge in [-0.05, 0) is 30.4 Å². The number of hydrogen-bond donors (Lipinski definition) is 2. The van der Waals surface area contributed by atoms with Crippen LogP contribution in [0.15, 0.2) is 17.0 Å². The van der Waals surface area contributed by atoms with Gasteiger partial charge in [-0.2, -0.15) is 0 Å². The molecule has 12 heavy (non-hydrogen) atoms. The molecule has 0 aromatic heterocycles. The Morgan fingerprint density at radius 3 is 2.58 bits per heavy atom. The normalized spacial score (nSPS) is 10.2. The Hall–Kier alpha value is -0.830. The predicted molar refractivity (Wildman–Crippen MR) is 56.4 cm³/mol. The third-order valence-corrected chi connectivity index (χ3v) is 2.75. The van der Waals surface area contributed by atoms with Gasteiger partial charge in [0, 0.05) is 16.3 Å². The molecule has 66 valence electrons. The average Bonchev–Trinajstić information content (AvgIpc) is 2.00. The Morgan fingerprint density at radius 1 is 1.33 bits per heavy atom. The first-order valence-corrected chi connectivity index (χ1v) is 4.92. The number of rotatable bonds is 2. The number of nitrogen functional groups attached to an aromatic ring is 2. The summed E-state index contributed by atoms with van der Waals surface area (Å²) in [4.78, 5) is 1.19. The summed E-state index contributed by atoms with van der Waals surface area (Å²) < 4.78 is 0. The van der Waals surface area contributed by atoms with Crippen molar-refractivity contribution >= 4 is 23.1 Å². The fourth-order valence-corrected chi connectivity index (χ4v) is 1.90. The molecule has 3 heteroatoms. The third-order valence-electron chi connectivity index (χ3n) is 1.72. The van der Waals surface area contributed by atoms with E-state index in [0.717, 1.165) is 22.7 Å². The van der Waals surface area contributed by atoms with Gasteiger partial charge in [0.25, 0.3) is 0 Å². The van der Waals surface area contributed by atoms with Crippen molar-refractivity contribution < 1.29 is 0 Å². The van der Waals surface area contributed by atoms with E-state index in [4.69, 9.17) is 11.5 Å². The van der Waals surface area contributed by atoms with Crippen LogP contribution in [0.1, 0.15) is 12.5 Å². The van der Waals surface area contributed by atoms with E-state index in [2.05, 4.69) is 6.92 Å². The number of hydrogen-bond acceptors (Lipinski definition) is 3. The second-order valence-electron chi connectivity index (χ2n) is 2.67. The highest BCUT2D eigenvalue weighted by atomic mass is 32.2. The largest absolute Gasteiger partial charge is 0.399 e. The fraction of sp³-hybridized carbons (Fsp3) is 0.333. The molecule has 4 N–H and O–H groups in total. The predicted octanol–water partition coefficient (Wildman–Crippen LogP) is 2.27.